The first-order valence-corrected chi connectivity index (χ1v) is 7.99. The van der Waals surface area contributed by atoms with Crippen LogP contribution in [-0.4, -0.2) is 22.2 Å². The lowest BCUT2D eigenvalue weighted by Gasteiger charge is -2.30. The van der Waals surface area contributed by atoms with Crippen molar-refractivity contribution < 1.29 is 0 Å². The topological polar surface area (TPSA) is 29.9 Å². The van der Waals surface area contributed by atoms with Gasteiger partial charge in [-0.05, 0) is 38.1 Å². The van der Waals surface area contributed by atoms with Gasteiger partial charge < -0.3 is 5.32 Å². The zero-order chi connectivity index (χ0) is 13.8. The molecule has 108 valence electrons. The largest absolute Gasteiger partial charge is 0.311 e. The molecule has 1 fully saturated rings. The van der Waals surface area contributed by atoms with Crippen LogP contribution in [0.2, 0.25) is 5.02 Å². The van der Waals surface area contributed by atoms with Crippen molar-refractivity contribution in [1.29, 1.82) is 0 Å². The number of aromatic nitrogens is 2. The molecule has 3 nitrogen and oxygen atoms in total. The van der Waals surface area contributed by atoms with Crippen LogP contribution in [0.3, 0.4) is 0 Å². The molecule has 1 aliphatic carbocycles. The molecular formula is C14H23Cl2N3. The number of nitrogens with one attached hydrogen (secondary N) is 1. The van der Waals surface area contributed by atoms with E-state index in [0.29, 0.717) is 11.8 Å². The highest BCUT2D eigenvalue weighted by atomic mass is 35.5. The van der Waals surface area contributed by atoms with Crippen molar-refractivity contribution in [3.8, 4) is 0 Å². The Kier molecular flexibility index (Phi) is 5.55. The summed E-state index contributed by atoms with van der Waals surface area (Å²) in [5, 5.41) is 8.64. The van der Waals surface area contributed by atoms with Gasteiger partial charge in [0.15, 0.2) is 0 Å². The molecule has 2 atom stereocenters. The summed E-state index contributed by atoms with van der Waals surface area (Å²) in [6.07, 6.45) is 5.25. The molecule has 1 N–H and O–H groups in total. The van der Waals surface area contributed by atoms with Crippen LogP contribution >= 0.6 is 23.2 Å². The summed E-state index contributed by atoms with van der Waals surface area (Å²) in [4.78, 5) is 0. The Bertz CT molecular complexity index is 417. The molecular weight excluding hydrogens is 281 g/mol. The molecule has 2 unspecified atom stereocenters. The van der Waals surface area contributed by atoms with Crippen LogP contribution in [0.4, 0.5) is 0 Å². The van der Waals surface area contributed by atoms with Gasteiger partial charge in [-0.3, -0.25) is 4.68 Å². The third kappa shape index (κ3) is 3.65. The third-order valence-electron chi connectivity index (χ3n) is 4.23. The standard InChI is InChI=1S/C14H23Cl2N3/c1-10-14(16)13(19(2)18-10)9-17-8-12-6-4-3-5-11(12)7-15/h11-12,17H,3-9H2,1-2H3. The van der Waals surface area contributed by atoms with Crippen molar-refractivity contribution in [2.45, 2.75) is 39.2 Å². The monoisotopic (exact) mass is 303 g/mol. The van der Waals surface area contributed by atoms with E-state index in [1.54, 1.807) is 0 Å². The van der Waals surface area contributed by atoms with E-state index in [-0.39, 0.29) is 0 Å². The lowest BCUT2D eigenvalue weighted by molar-refractivity contribution is 0.250. The summed E-state index contributed by atoms with van der Waals surface area (Å²) in [6, 6.07) is 0. The van der Waals surface area contributed by atoms with Gasteiger partial charge in [0.25, 0.3) is 0 Å². The molecule has 2 rings (SSSR count). The SMILES string of the molecule is Cc1nn(C)c(CNCC2CCCCC2CCl)c1Cl. The van der Waals surface area contributed by atoms with Crippen molar-refractivity contribution in [3.05, 3.63) is 16.4 Å². The quantitative estimate of drug-likeness (QED) is 0.844. The van der Waals surface area contributed by atoms with Gasteiger partial charge in [0, 0.05) is 19.5 Å². The maximum absolute atomic E-state index is 6.25. The Balaban J connectivity index is 1.85. The van der Waals surface area contributed by atoms with E-state index in [2.05, 4.69) is 10.4 Å². The lowest BCUT2D eigenvalue weighted by atomic mass is 9.80. The second kappa shape index (κ2) is 6.96. The first kappa shape index (κ1) is 15.1. The average Bonchev–Trinajstić information content (AvgIpc) is 2.65. The second-order valence-corrected chi connectivity index (χ2v) is 6.25. The number of alkyl halides is 1. The molecule has 1 aliphatic rings. The van der Waals surface area contributed by atoms with Gasteiger partial charge in [0.2, 0.25) is 0 Å². The molecule has 1 aromatic rings. The van der Waals surface area contributed by atoms with Crippen LogP contribution in [0.15, 0.2) is 0 Å². The number of nitrogens with zero attached hydrogens (tertiary/aromatic N) is 2. The Labute approximate surface area is 125 Å². The van der Waals surface area contributed by atoms with Crippen LogP contribution in [0.1, 0.15) is 37.1 Å². The lowest BCUT2D eigenvalue weighted by Crippen LogP contribution is -2.31. The maximum Gasteiger partial charge on any atom is 0.0860 e. The van der Waals surface area contributed by atoms with Gasteiger partial charge >= 0.3 is 0 Å². The highest BCUT2D eigenvalue weighted by Gasteiger charge is 2.24. The summed E-state index contributed by atoms with van der Waals surface area (Å²) in [5.41, 5.74) is 1.97. The van der Waals surface area contributed by atoms with Crippen molar-refractivity contribution in [2.24, 2.45) is 18.9 Å². The van der Waals surface area contributed by atoms with Gasteiger partial charge in [0.05, 0.1) is 16.4 Å². The number of hydrogen-bond acceptors (Lipinski definition) is 2. The smallest absolute Gasteiger partial charge is 0.0860 e. The van der Waals surface area contributed by atoms with E-state index in [9.17, 15) is 0 Å². The number of halogens is 2. The molecule has 0 bridgehead atoms. The van der Waals surface area contributed by atoms with Crippen molar-refractivity contribution in [1.82, 2.24) is 15.1 Å². The molecule has 0 saturated heterocycles. The van der Waals surface area contributed by atoms with E-state index in [0.717, 1.165) is 35.4 Å². The fourth-order valence-electron chi connectivity index (χ4n) is 3.00. The van der Waals surface area contributed by atoms with Crippen molar-refractivity contribution in [2.75, 3.05) is 12.4 Å². The Hall–Kier alpha value is -0.250. The average molecular weight is 304 g/mol. The predicted octanol–water partition coefficient (Wildman–Crippen LogP) is 3.52. The molecule has 0 aliphatic heterocycles. The number of aryl methyl sites for hydroxylation is 2. The minimum absolute atomic E-state index is 0.673. The minimum atomic E-state index is 0.673. The van der Waals surface area contributed by atoms with E-state index < -0.39 is 0 Å². The zero-order valence-corrected chi connectivity index (χ0v) is 13.3. The molecule has 1 aromatic heterocycles. The van der Waals surface area contributed by atoms with Gasteiger partial charge in [-0.1, -0.05) is 24.4 Å². The molecule has 0 aromatic carbocycles. The van der Waals surface area contributed by atoms with Crippen molar-refractivity contribution in [3.63, 3.8) is 0 Å². The Morgan fingerprint density at radius 1 is 1.32 bits per heavy atom. The molecule has 5 heteroatoms. The fourth-order valence-corrected chi connectivity index (χ4v) is 3.64. The summed E-state index contributed by atoms with van der Waals surface area (Å²) in [7, 11) is 1.94. The summed E-state index contributed by atoms with van der Waals surface area (Å²) in [6.45, 7) is 3.75. The Morgan fingerprint density at radius 2 is 2.00 bits per heavy atom. The molecule has 0 amide bonds. The van der Waals surface area contributed by atoms with Gasteiger partial charge in [0.1, 0.15) is 0 Å². The van der Waals surface area contributed by atoms with Crippen LogP contribution in [0.5, 0.6) is 0 Å². The first-order chi connectivity index (χ1) is 9.13. The maximum atomic E-state index is 6.25. The van der Waals surface area contributed by atoms with Crippen LogP contribution < -0.4 is 5.32 Å². The zero-order valence-electron chi connectivity index (χ0n) is 11.8. The fraction of sp³-hybridized carbons (Fsp3) is 0.786. The normalized spacial score (nSPS) is 23.8. The summed E-state index contributed by atoms with van der Waals surface area (Å²) >= 11 is 12.3. The minimum Gasteiger partial charge on any atom is -0.311 e. The molecule has 1 saturated carbocycles. The van der Waals surface area contributed by atoms with E-state index in [4.69, 9.17) is 23.2 Å². The molecule has 19 heavy (non-hydrogen) atoms. The van der Waals surface area contributed by atoms with E-state index >= 15 is 0 Å². The molecule has 0 spiro atoms. The second-order valence-electron chi connectivity index (χ2n) is 5.56. The van der Waals surface area contributed by atoms with Crippen molar-refractivity contribution >= 4 is 23.2 Å². The van der Waals surface area contributed by atoms with Crippen LogP contribution in [0, 0.1) is 18.8 Å². The van der Waals surface area contributed by atoms with Gasteiger partial charge in [-0.2, -0.15) is 5.10 Å². The number of rotatable bonds is 5. The predicted molar refractivity (Wildman–Crippen MR) is 80.8 cm³/mol. The number of hydrogen-bond donors (Lipinski definition) is 1. The first-order valence-electron chi connectivity index (χ1n) is 7.08. The summed E-state index contributed by atoms with van der Waals surface area (Å²) < 4.78 is 1.87. The van der Waals surface area contributed by atoms with Crippen LogP contribution in [-0.2, 0) is 13.6 Å². The van der Waals surface area contributed by atoms with Gasteiger partial charge in [-0.25, -0.2) is 0 Å². The molecule has 0 radical (unpaired) electrons. The summed E-state index contributed by atoms with van der Waals surface area (Å²) in [5.74, 6) is 2.17. The van der Waals surface area contributed by atoms with Crippen LogP contribution in [0.25, 0.3) is 0 Å². The van der Waals surface area contributed by atoms with Gasteiger partial charge in [-0.15, -0.1) is 11.6 Å². The molecule has 1 heterocycles. The van der Waals surface area contributed by atoms with E-state index in [1.807, 2.05) is 18.7 Å². The van der Waals surface area contributed by atoms with E-state index in [1.165, 1.54) is 25.7 Å². The third-order valence-corrected chi connectivity index (χ3v) is 5.11. The highest BCUT2D eigenvalue weighted by Crippen LogP contribution is 2.30. The Morgan fingerprint density at radius 3 is 2.58 bits per heavy atom. The highest BCUT2D eigenvalue weighted by molar-refractivity contribution is 6.31.